The Labute approximate surface area is 161 Å². The van der Waals surface area contributed by atoms with Crippen LogP contribution < -0.4 is 0 Å². The van der Waals surface area contributed by atoms with Gasteiger partial charge in [0.15, 0.2) is 0 Å². The van der Waals surface area contributed by atoms with Crippen molar-refractivity contribution in [3.63, 3.8) is 0 Å². The fourth-order valence-electron chi connectivity index (χ4n) is 3.00. The van der Waals surface area contributed by atoms with Crippen LogP contribution in [0.2, 0.25) is 4.71 Å². The second-order valence-electron chi connectivity index (χ2n) is 6.41. The minimum absolute atomic E-state index is 0.683. The van der Waals surface area contributed by atoms with E-state index in [1.54, 1.807) is 0 Å². The van der Waals surface area contributed by atoms with Crippen molar-refractivity contribution in [2.45, 2.75) is 65.9 Å². The molecule has 2 aliphatic rings. The van der Waals surface area contributed by atoms with E-state index in [4.69, 9.17) is 19.3 Å². The van der Waals surface area contributed by atoms with Crippen molar-refractivity contribution in [3.05, 3.63) is 0 Å². The molecule has 2 rings (SSSR count). The SMILES string of the molecule is O=P(O)(O)O[C@H]1[C@@H](O)[C@@H](O)[C@H](O)[C@@H](O)[C@@H]1O[C@H]1O[C@H](CO)[C@@H](O)[C@H](O)[C@H]1[AsH2]. The van der Waals surface area contributed by atoms with Gasteiger partial charge in [-0.3, -0.25) is 0 Å². The monoisotopic (exact) mass is 482 g/mol. The van der Waals surface area contributed by atoms with Gasteiger partial charge >= 0.3 is 161 Å². The number of rotatable bonds is 5. The standard InChI is InChI=1S/C12H24AsO13P/c13-3-5(16)4(15)2(1-14)24-12(3)25-10-8(19)6(17)7(18)9(20)11(10)26-27(21,22)23/h2-12,14-20H,1,13H2,(H2,21,22,23)/t2-,3-,4-,5-,6+,7+,8-,9+,10+,11+,12-/m1/s1. The van der Waals surface area contributed by atoms with Gasteiger partial charge in [-0.25, -0.2) is 0 Å². The molecule has 2 fully saturated rings. The number of hydrogen-bond acceptors (Lipinski definition) is 11. The zero-order valence-electron chi connectivity index (χ0n) is 13.7. The molecule has 1 aliphatic carbocycles. The van der Waals surface area contributed by atoms with E-state index in [2.05, 4.69) is 4.52 Å². The maximum absolute atomic E-state index is 11.2. The number of hydrogen-bond donors (Lipinski definition) is 9. The molecule has 0 aromatic carbocycles. The number of ether oxygens (including phenoxy) is 2. The average Bonchev–Trinajstić information content (AvgIpc) is 2.60. The summed E-state index contributed by atoms with van der Waals surface area (Å²) in [5, 5.41) is 68.9. The van der Waals surface area contributed by atoms with Crippen LogP contribution in [0.4, 0.5) is 0 Å². The Bertz CT molecular complexity index is 545. The fourth-order valence-corrected chi connectivity index (χ4v) is 4.42. The van der Waals surface area contributed by atoms with E-state index in [1.165, 1.54) is 0 Å². The normalized spacial score (nSPS) is 49.2. The molecule has 15 heteroatoms. The van der Waals surface area contributed by atoms with E-state index in [0.29, 0.717) is 0 Å². The van der Waals surface area contributed by atoms with Crippen molar-refractivity contribution in [1.29, 1.82) is 0 Å². The molecule has 1 saturated carbocycles. The van der Waals surface area contributed by atoms with Gasteiger partial charge in [0.1, 0.15) is 0 Å². The topological polar surface area (TPSA) is 227 Å². The van der Waals surface area contributed by atoms with Gasteiger partial charge in [-0.05, 0) is 0 Å². The third-order valence-corrected chi connectivity index (χ3v) is 6.53. The van der Waals surface area contributed by atoms with E-state index < -0.39 is 80.4 Å². The van der Waals surface area contributed by atoms with Crippen molar-refractivity contribution in [1.82, 2.24) is 0 Å². The molecule has 0 bridgehead atoms. The van der Waals surface area contributed by atoms with Crippen LogP contribution in [0.15, 0.2) is 0 Å². The Morgan fingerprint density at radius 2 is 1.37 bits per heavy atom. The maximum atomic E-state index is 11.2. The van der Waals surface area contributed by atoms with Crippen LogP contribution in [0.25, 0.3) is 0 Å². The summed E-state index contributed by atoms with van der Waals surface area (Å²) in [6, 6.07) is 0. The van der Waals surface area contributed by atoms with Crippen LogP contribution in [0.3, 0.4) is 0 Å². The molecule has 13 nitrogen and oxygen atoms in total. The zero-order valence-corrected chi connectivity index (χ0v) is 17.1. The number of phosphoric acid groups is 1. The Morgan fingerprint density at radius 1 is 0.852 bits per heavy atom. The van der Waals surface area contributed by atoms with E-state index >= 15 is 0 Å². The molecule has 1 saturated heterocycles. The van der Waals surface area contributed by atoms with Crippen molar-refractivity contribution < 1.29 is 64.1 Å². The van der Waals surface area contributed by atoms with Gasteiger partial charge in [-0.1, -0.05) is 0 Å². The molecule has 1 heterocycles. The Morgan fingerprint density at radius 3 is 1.85 bits per heavy atom. The van der Waals surface area contributed by atoms with Gasteiger partial charge in [0.05, 0.1) is 0 Å². The summed E-state index contributed by atoms with van der Waals surface area (Å²) in [6.45, 7) is -0.683. The minimum atomic E-state index is -5.20. The summed E-state index contributed by atoms with van der Waals surface area (Å²) >= 11 is 0.856. The Hall–Kier alpha value is 0.308. The molecular formula is C12H24AsO13P. The summed E-state index contributed by atoms with van der Waals surface area (Å²) in [5.41, 5.74) is 0. The molecule has 12 atom stereocenters. The Kier molecular flexibility index (Phi) is 7.85. The number of phosphoric ester groups is 1. The molecular weight excluding hydrogens is 458 g/mol. The van der Waals surface area contributed by atoms with E-state index in [1.807, 2.05) is 0 Å². The van der Waals surface area contributed by atoms with Gasteiger partial charge in [0, 0.05) is 0 Å². The van der Waals surface area contributed by atoms with E-state index in [9.17, 15) is 40.3 Å². The third kappa shape index (κ3) is 5.08. The summed E-state index contributed by atoms with van der Waals surface area (Å²) in [4.78, 5) is 18.0. The third-order valence-electron chi connectivity index (χ3n) is 4.53. The van der Waals surface area contributed by atoms with Crippen LogP contribution in [0.1, 0.15) is 0 Å². The Balaban J connectivity index is 2.27. The first kappa shape index (κ1) is 23.6. The predicted molar refractivity (Wildman–Crippen MR) is 85.9 cm³/mol. The average molecular weight is 482 g/mol. The molecule has 27 heavy (non-hydrogen) atoms. The molecule has 0 aromatic rings. The fraction of sp³-hybridized carbons (Fsp3) is 1.00. The van der Waals surface area contributed by atoms with Crippen molar-refractivity contribution in [2.75, 3.05) is 6.61 Å². The van der Waals surface area contributed by atoms with Crippen LogP contribution in [0, 0.1) is 0 Å². The molecule has 160 valence electrons. The molecule has 1 unspecified atom stereocenters. The van der Waals surface area contributed by atoms with Gasteiger partial charge < -0.3 is 0 Å². The quantitative estimate of drug-likeness (QED) is 0.132. The molecule has 0 amide bonds. The number of aliphatic hydroxyl groups is 7. The first-order valence-corrected chi connectivity index (χ1v) is 10.8. The van der Waals surface area contributed by atoms with Gasteiger partial charge in [-0.2, -0.15) is 0 Å². The van der Waals surface area contributed by atoms with Crippen LogP contribution in [-0.2, 0) is 18.6 Å². The van der Waals surface area contributed by atoms with Crippen molar-refractivity contribution >= 4 is 24.7 Å². The zero-order chi connectivity index (χ0) is 20.7. The molecule has 9 N–H and O–H groups in total. The molecule has 0 aromatic heterocycles. The van der Waals surface area contributed by atoms with Crippen LogP contribution in [-0.4, -0.2) is 130 Å². The second kappa shape index (κ2) is 8.98. The molecule has 0 radical (unpaired) electrons. The summed E-state index contributed by atoms with van der Waals surface area (Å²) in [7, 11) is -5.20. The molecule has 1 aliphatic heterocycles. The van der Waals surface area contributed by atoms with E-state index in [0.717, 1.165) is 16.9 Å². The summed E-state index contributed by atoms with van der Waals surface area (Å²) < 4.78 is 25.4. The van der Waals surface area contributed by atoms with Crippen molar-refractivity contribution in [3.8, 4) is 0 Å². The van der Waals surface area contributed by atoms with Crippen LogP contribution >= 0.6 is 7.82 Å². The summed E-state index contributed by atoms with van der Waals surface area (Å²) in [6.07, 6.45) is -17.1. The first-order valence-electron chi connectivity index (χ1n) is 7.88. The van der Waals surface area contributed by atoms with Gasteiger partial charge in [0.2, 0.25) is 0 Å². The van der Waals surface area contributed by atoms with E-state index in [-0.39, 0.29) is 0 Å². The van der Waals surface area contributed by atoms with Crippen LogP contribution in [0.5, 0.6) is 0 Å². The first-order chi connectivity index (χ1) is 12.4. The second-order valence-corrected chi connectivity index (χ2v) is 9.21. The van der Waals surface area contributed by atoms with Crippen molar-refractivity contribution in [2.24, 2.45) is 0 Å². The predicted octanol–water partition coefficient (Wildman–Crippen LogP) is -5.83. The van der Waals surface area contributed by atoms with Gasteiger partial charge in [0.25, 0.3) is 0 Å². The molecule has 0 spiro atoms. The number of aliphatic hydroxyl groups excluding tert-OH is 7. The summed E-state index contributed by atoms with van der Waals surface area (Å²) in [5.74, 6) is 0. The van der Waals surface area contributed by atoms with Gasteiger partial charge in [-0.15, -0.1) is 0 Å².